The molecule has 0 fully saturated rings. The molecule has 2 N–H and O–H groups in total. The second-order valence-electron chi connectivity index (χ2n) is 4.99. The van der Waals surface area contributed by atoms with Crippen LogP contribution in [0.25, 0.3) is 0 Å². The van der Waals surface area contributed by atoms with Crippen LogP contribution in [0.5, 0.6) is 0 Å². The van der Waals surface area contributed by atoms with E-state index >= 15 is 0 Å². The molecule has 1 amide bonds. The Bertz CT molecular complexity index is 415. The Morgan fingerprint density at radius 2 is 1.83 bits per heavy atom. The molecule has 0 aliphatic heterocycles. The third-order valence-electron chi connectivity index (χ3n) is 3.22. The molecule has 0 saturated heterocycles. The van der Waals surface area contributed by atoms with Gasteiger partial charge in [0.2, 0.25) is 0 Å². The van der Waals surface area contributed by atoms with Crippen molar-refractivity contribution in [2.24, 2.45) is 0 Å². The van der Waals surface area contributed by atoms with E-state index in [2.05, 4.69) is 41.3 Å². The minimum atomic E-state index is -0.0640. The Hall–Kier alpha value is -1.04. The van der Waals surface area contributed by atoms with Gasteiger partial charge in [0.15, 0.2) is 0 Å². The van der Waals surface area contributed by atoms with Gasteiger partial charge in [-0.05, 0) is 38.4 Å². The molecule has 134 valence electrons. The van der Waals surface area contributed by atoms with E-state index in [1.807, 2.05) is 12.1 Å². The molecular weight excluding hydrogens is 335 g/mol. The summed E-state index contributed by atoms with van der Waals surface area (Å²) in [6, 6.07) is 3.76. The molecule has 0 saturated carbocycles. The van der Waals surface area contributed by atoms with Gasteiger partial charge in [-0.2, -0.15) is 0 Å². The minimum absolute atomic E-state index is 0. The number of amides is 1. The van der Waals surface area contributed by atoms with Crippen molar-refractivity contribution < 1.29 is 4.79 Å². The van der Waals surface area contributed by atoms with E-state index < -0.39 is 0 Å². The lowest BCUT2D eigenvalue weighted by molar-refractivity contribution is 0.0953. The molecule has 0 unspecified atom stereocenters. The maximum absolute atomic E-state index is 12.0. The summed E-state index contributed by atoms with van der Waals surface area (Å²) in [5, 5.41) is 6.14. The van der Waals surface area contributed by atoms with Crippen LogP contribution in [0, 0.1) is 0 Å². The average molecular weight is 365 g/mol. The lowest BCUT2D eigenvalue weighted by Crippen LogP contribution is -2.32. The molecule has 1 heterocycles. The molecule has 0 aromatic carbocycles. The predicted octanol–water partition coefficient (Wildman–Crippen LogP) is 2.89. The highest BCUT2D eigenvalue weighted by molar-refractivity contribution is 5.94. The summed E-state index contributed by atoms with van der Waals surface area (Å²) >= 11 is 0. The van der Waals surface area contributed by atoms with Crippen molar-refractivity contribution in [3.05, 3.63) is 23.9 Å². The van der Waals surface area contributed by atoms with Gasteiger partial charge in [-0.15, -0.1) is 24.8 Å². The van der Waals surface area contributed by atoms with E-state index in [9.17, 15) is 4.79 Å². The number of rotatable bonds is 10. The van der Waals surface area contributed by atoms with E-state index in [-0.39, 0.29) is 30.7 Å². The zero-order chi connectivity index (χ0) is 15.5. The van der Waals surface area contributed by atoms with Gasteiger partial charge in [0.05, 0.1) is 5.56 Å². The summed E-state index contributed by atoms with van der Waals surface area (Å²) in [5.74, 6) is 0.867. The number of halogens is 2. The Kier molecular flexibility index (Phi) is 15.3. The third kappa shape index (κ3) is 8.98. The van der Waals surface area contributed by atoms with Crippen LogP contribution in [0.4, 0.5) is 5.82 Å². The molecule has 7 heteroatoms. The number of pyridine rings is 1. The third-order valence-corrected chi connectivity index (χ3v) is 3.22. The van der Waals surface area contributed by atoms with Crippen molar-refractivity contribution in [3.8, 4) is 0 Å². The number of carbonyl (C=O) groups is 1. The fraction of sp³-hybridized carbons (Fsp3) is 0.625. The normalized spacial score (nSPS) is 9.52. The molecular formula is C16H30Cl2N4O. The number of anilines is 1. The summed E-state index contributed by atoms with van der Waals surface area (Å²) in [6.07, 6.45) is 3.84. The largest absolute Gasteiger partial charge is 0.357 e. The van der Waals surface area contributed by atoms with Gasteiger partial charge in [-0.25, -0.2) is 4.98 Å². The van der Waals surface area contributed by atoms with Gasteiger partial charge in [-0.1, -0.05) is 13.8 Å². The Labute approximate surface area is 152 Å². The summed E-state index contributed by atoms with van der Waals surface area (Å²) in [6.45, 7) is 10.7. The van der Waals surface area contributed by atoms with Gasteiger partial charge in [-0.3, -0.25) is 4.79 Å². The number of hydrogen-bond acceptors (Lipinski definition) is 4. The first-order chi connectivity index (χ1) is 10.2. The van der Waals surface area contributed by atoms with Crippen molar-refractivity contribution in [2.45, 2.75) is 33.6 Å². The van der Waals surface area contributed by atoms with Gasteiger partial charge in [0.25, 0.3) is 5.91 Å². The Morgan fingerprint density at radius 3 is 2.35 bits per heavy atom. The summed E-state index contributed by atoms with van der Waals surface area (Å²) in [4.78, 5) is 18.6. The number of aromatic nitrogens is 1. The molecule has 23 heavy (non-hydrogen) atoms. The van der Waals surface area contributed by atoms with E-state index in [1.165, 1.54) is 0 Å². The quantitative estimate of drug-likeness (QED) is 0.626. The molecule has 0 atom stereocenters. The highest BCUT2D eigenvalue weighted by atomic mass is 35.5. The van der Waals surface area contributed by atoms with Crippen molar-refractivity contribution in [3.63, 3.8) is 0 Å². The number of carbonyl (C=O) groups excluding carboxylic acids is 1. The first-order valence-corrected chi connectivity index (χ1v) is 7.92. The smallest absolute Gasteiger partial charge is 0.252 e. The molecule has 0 bridgehead atoms. The van der Waals surface area contributed by atoms with Crippen molar-refractivity contribution >= 4 is 36.5 Å². The standard InChI is InChI=1S/C16H28N4O.2ClH/c1-4-9-17-10-11-18-16(21)14-7-8-15(19-13-14)20(6-3)12-5-2;;/h7-8,13,17H,4-6,9-12H2,1-3H3,(H,18,21);2*1H. The first kappa shape index (κ1) is 24.2. The SMILES string of the molecule is CCCNCCNC(=O)c1ccc(N(CC)CCC)nc1.Cl.Cl. The highest BCUT2D eigenvalue weighted by Crippen LogP contribution is 2.11. The minimum Gasteiger partial charge on any atom is -0.357 e. The van der Waals surface area contributed by atoms with Crippen LogP contribution < -0.4 is 15.5 Å². The van der Waals surface area contributed by atoms with Crippen LogP contribution in [0.1, 0.15) is 44.0 Å². The lowest BCUT2D eigenvalue weighted by Gasteiger charge is -2.21. The first-order valence-electron chi connectivity index (χ1n) is 7.92. The van der Waals surface area contributed by atoms with Gasteiger partial charge < -0.3 is 15.5 Å². The second kappa shape index (κ2) is 14.5. The summed E-state index contributed by atoms with van der Waals surface area (Å²) in [5.41, 5.74) is 0.613. The predicted molar refractivity (Wildman–Crippen MR) is 102 cm³/mol. The van der Waals surface area contributed by atoms with Crippen LogP contribution in [0.2, 0.25) is 0 Å². The van der Waals surface area contributed by atoms with E-state index in [0.717, 1.165) is 44.8 Å². The van der Waals surface area contributed by atoms with E-state index in [4.69, 9.17) is 0 Å². The molecule has 5 nitrogen and oxygen atoms in total. The molecule has 1 rings (SSSR count). The van der Waals surface area contributed by atoms with E-state index in [0.29, 0.717) is 12.1 Å². The monoisotopic (exact) mass is 364 g/mol. The fourth-order valence-electron chi connectivity index (χ4n) is 2.08. The molecule has 0 aliphatic rings. The number of hydrogen-bond donors (Lipinski definition) is 2. The zero-order valence-corrected chi connectivity index (χ0v) is 15.9. The highest BCUT2D eigenvalue weighted by Gasteiger charge is 2.08. The number of nitrogens with one attached hydrogen (secondary N) is 2. The summed E-state index contributed by atoms with van der Waals surface area (Å²) < 4.78 is 0. The van der Waals surface area contributed by atoms with Crippen LogP contribution in [-0.4, -0.2) is 43.6 Å². The van der Waals surface area contributed by atoms with Crippen molar-refractivity contribution in [1.29, 1.82) is 0 Å². The zero-order valence-electron chi connectivity index (χ0n) is 14.3. The second-order valence-corrected chi connectivity index (χ2v) is 4.99. The molecule has 0 aliphatic carbocycles. The van der Waals surface area contributed by atoms with Crippen molar-refractivity contribution in [2.75, 3.05) is 37.6 Å². The average Bonchev–Trinajstić information content (AvgIpc) is 2.52. The lowest BCUT2D eigenvalue weighted by atomic mass is 10.2. The molecule has 0 spiro atoms. The topological polar surface area (TPSA) is 57.3 Å². The van der Waals surface area contributed by atoms with Gasteiger partial charge >= 0.3 is 0 Å². The van der Waals surface area contributed by atoms with E-state index in [1.54, 1.807) is 6.20 Å². The summed E-state index contributed by atoms with van der Waals surface area (Å²) in [7, 11) is 0. The van der Waals surface area contributed by atoms with Crippen LogP contribution in [-0.2, 0) is 0 Å². The van der Waals surface area contributed by atoms with Crippen LogP contribution in [0.15, 0.2) is 18.3 Å². The Balaban J connectivity index is 0. The maximum atomic E-state index is 12.0. The van der Waals surface area contributed by atoms with Gasteiger partial charge in [0.1, 0.15) is 5.82 Å². The van der Waals surface area contributed by atoms with Crippen LogP contribution in [0.3, 0.4) is 0 Å². The number of nitrogens with zero attached hydrogens (tertiary/aromatic N) is 2. The molecule has 0 radical (unpaired) electrons. The molecule has 1 aromatic rings. The Morgan fingerprint density at radius 1 is 1.09 bits per heavy atom. The fourth-order valence-corrected chi connectivity index (χ4v) is 2.08. The maximum Gasteiger partial charge on any atom is 0.252 e. The van der Waals surface area contributed by atoms with Crippen LogP contribution >= 0.6 is 24.8 Å². The van der Waals surface area contributed by atoms with Crippen molar-refractivity contribution in [1.82, 2.24) is 15.6 Å². The molecule has 1 aromatic heterocycles. The van der Waals surface area contributed by atoms with Gasteiger partial charge in [0, 0.05) is 32.4 Å².